The van der Waals surface area contributed by atoms with Crippen molar-refractivity contribution in [2.24, 2.45) is 0 Å². The molecule has 5 heteroatoms. The van der Waals surface area contributed by atoms with Crippen LogP contribution in [0.15, 0.2) is 18.2 Å². The summed E-state index contributed by atoms with van der Waals surface area (Å²) < 4.78 is 13.0. The van der Waals surface area contributed by atoms with Crippen molar-refractivity contribution < 1.29 is 14.3 Å². The smallest absolute Gasteiger partial charge is 0.335 e. The van der Waals surface area contributed by atoms with Gasteiger partial charge in [0, 0.05) is 24.5 Å². The van der Waals surface area contributed by atoms with Gasteiger partial charge in [0.25, 0.3) is 0 Å². The molecule has 1 fully saturated rings. The van der Waals surface area contributed by atoms with Gasteiger partial charge in [-0.25, -0.2) is 9.18 Å². The molecule has 4 nitrogen and oxygen atoms in total. The normalized spacial score (nSPS) is 20.1. The highest BCUT2D eigenvalue weighted by atomic mass is 19.1. The van der Waals surface area contributed by atoms with Crippen LogP contribution in [0.25, 0.3) is 0 Å². The van der Waals surface area contributed by atoms with Gasteiger partial charge < -0.3 is 15.7 Å². The van der Waals surface area contributed by atoms with E-state index in [9.17, 15) is 9.18 Å². The number of halogens is 1. The fourth-order valence-corrected chi connectivity index (χ4v) is 1.89. The summed E-state index contributed by atoms with van der Waals surface area (Å²) in [6.45, 7) is 0.909. The van der Waals surface area contributed by atoms with Gasteiger partial charge in [0.05, 0.1) is 5.56 Å². The molecular formula is C11H13FN2O2. The molecular weight excluding hydrogens is 211 g/mol. The molecule has 0 saturated carbocycles. The van der Waals surface area contributed by atoms with E-state index in [1.54, 1.807) is 6.07 Å². The van der Waals surface area contributed by atoms with Crippen LogP contribution in [0.4, 0.5) is 15.8 Å². The second-order valence-corrected chi connectivity index (χ2v) is 3.95. The molecule has 1 aromatic rings. The number of rotatable bonds is 2. The number of nitrogens with zero attached hydrogens (tertiary/aromatic N) is 1. The van der Waals surface area contributed by atoms with E-state index in [0.29, 0.717) is 30.9 Å². The summed E-state index contributed by atoms with van der Waals surface area (Å²) in [5, 5.41) is 8.88. The van der Waals surface area contributed by atoms with Gasteiger partial charge >= 0.3 is 5.97 Å². The van der Waals surface area contributed by atoms with Gasteiger partial charge in [-0.1, -0.05) is 0 Å². The first-order valence-corrected chi connectivity index (χ1v) is 5.09. The van der Waals surface area contributed by atoms with Crippen molar-refractivity contribution in [3.63, 3.8) is 0 Å². The van der Waals surface area contributed by atoms with Crippen molar-refractivity contribution in [2.45, 2.75) is 12.6 Å². The summed E-state index contributed by atoms with van der Waals surface area (Å²) in [6.07, 6.45) is -0.355. The SMILES string of the molecule is Nc1cc(C(=O)O)cc(N2CCC(F)C2)c1. The highest BCUT2D eigenvalue weighted by molar-refractivity contribution is 5.90. The monoisotopic (exact) mass is 224 g/mol. The van der Waals surface area contributed by atoms with Gasteiger partial charge in [0.1, 0.15) is 6.17 Å². The summed E-state index contributed by atoms with van der Waals surface area (Å²) in [6, 6.07) is 4.59. The van der Waals surface area contributed by atoms with Crippen LogP contribution in [0.2, 0.25) is 0 Å². The molecule has 0 spiro atoms. The quantitative estimate of drug-likeness (QED) is 0.747. The van der Waals surface area contributed by atoms with Crippen molar-refractivity contribution in [3.8, 4) is 0 Å². The number of carboxylic acids is 1. The molecule has 0 aromatic heterocycles. The molecule has 16 heavy (non-hydrogen) atoms. The molecule has 0 aliphatic carbocycles. The van der Waals surface area contributed by atoms with E-state index in [1.807, 2.05) is 4.90 Å². The molecule has 3 N–H and O–H groups in total. The number of nitrogen functional groups attached to an aromatic ring is 1. The topological polar surface area (TPSA) is 66.6 Å². The van der Waals surface area contributed by atoms with Crippen molar-refractivity contribution in [1.29, 1.82) is 0 Å². The maximum absolute atomic E-state index is 13.0. The van der Waals surface area contributed by atoms with E-state index in [-0.39, 0.29) is 5.56 Å². The number of carbonyl (C=O) groups is 1. The molecule has 1 aliphatic heterocycles. The van der Waals surface area contributed by atoms with E-state index >= 15 is 0 Å². The lowest BCUT2D eigenvalue weighted by atomic mass is 10.1. The number of aromatic carboxylic acids is 1. The highest BCUT2D eigenvalue weighted by Crippen LogP contribution is 2.25. The van der Waals surface area contributed by atoms with Gasteiger partial charge in [-0.2, -0.15) is 0 Å². The summed E-state index contributed by atoms with van der Waals surface area (Å²) in [5.74, 6) is -1.02. The Bertz CT molecular complexity index is 422. The fraction of sp³-hybridized carbons (Fsp3) is 0.364. The summed E-state index contributed by atoms with van der Waals surface area (Å²) >= 11 is 0. The number of carboxylic acid groups (broad SMARTS) is 1. The van der Waals surface area contributed by atoms with Crippen LogP contribution in [0.5, 0.6) is 0 Å². The molecule has 1 atom stereocenters. The molecule has 1 aliphatic rings. The predicted octanol–water partition coefficient (Wildman–Crippen LogP) is 1.52. The summed E-state index contributed by atoms with van der Waals surface area (Å²) in [7, 11) is 0. The van der Waals surface area contributed by atoms with Gasteiger partial charge in [0.2, 0.25) is 0 Å². The van der Waals surface area contributed by atoms with Crippen LogP contribution < -0.4 is 10.6 Å². The Kier molecular flexibility index (Phi) is 2.68. The molecule has 1 heterocycles. The molecule has 86 valence electrons. The molecule has 1 unspecified atom stereocenters. The fourth-order valence-electron chi connectivity index (χ4n) is 1.89. The Morgan fingerprint density at radius 3 is 2.81 bits per heavy atom. The van der Waals surface area contributed by atoms with E-state index in [0.717, 1.165) is 0 Å². The maximum Gasteiger partial charge on any atom is 0.335 e. The van der Waals surface area contributed by atoms with Crippen LogP contribution in [0, 0.1) is 0 Å². The first-order valence-electron chi connectivity index (χ1n) is 5.09. The standard InChI is InChI=1S/C11H13FN2O2/c12-8-1-2-14(6-8)10-4-7(11(15)16)3-9(13)5-10/h3-5,8H,1-2,6,13H2,(H,15,16). The molecule has 0 amide bonds. The lowest BCUT2D eigenvalue weighted by molar-refractivity contribution is 0.0697. The zero-order chi connectivity index (χ0) is 11.7. The van der Waals surface area contributed by atoms with E-state index in [2.05, 4.69) is 0 Å². The predicted molar refractivity (Wildman–Crippen MR) is 59.5 cm³/mol. The van der Waals surface area contributed by atoms with Crippen molar-refractivity contribution >= 4 is 17.3 Å². The van der Waals surface area contributed by atoms with Crippen molar-refractivity contribution in [3.05, 3.63) is 23.8 Å². The lowest BCUT2D eigenvalue weighted by Gasteiger charge is -2.18. The molecule has 1 aromatic carbocycles. The Hall–Kier alpha value is -1.78. The second kappa shape index (κ2) is 4.00. The number of benzene rings is 1. The van der Waals surface area contributed by atoms with Gasteiger partial charge in [-0.05, 0) is 24.6 Å². The number of alkyl halides is 1. The first kappa shape index (κ1) is 10.7. The van der Waals surface area contributed by atoms with Crippen LogP contribution in [0.1, 0.15) is 16.8 Å². The molecule has 0 bridgehead atoms. The number of hydrogen-bond donors (Lipinski definition) is 2. The van der Waals surface area contributed by atoms with Gasteiger partial charge in [0.15, 0.2) is 0 Å². The third-order valence-corrected chi connectivity index (χ3v) is 2.68. The Labute approximate surface area is 92.5 Å². The van der Waals surface area contributed by atoms with Crippen LogP contribution >= 0.6 is 0 Å². The van der Waals surface area contributed by atoms with Gasteiger partial charge in [-0.3, -0.25) is 0 Å². The average Bonchev–Trinajstić information content (AvgIpc) is 2.64. The summed E-state index contributed by atoms with van der Waals surface area (Å²) in [5.41, 5.74) is 6.82. The third kappa shape index (κ3) is 2.08. The first-order chi connectivity index (χ1) is 7.56. The van der Waals surface area contributed by atoms with Crippen molar-refractivity contribution in [1.82, 2.24) is 0 Å². The molecule has 2 rings (SSSR count). The van der Waals surface area contributed by atoms with Crippen molar-refractivity contribution in [2.75, 3.05) is 23.7 Å². The maximum atomic E-state index is 13.0. The van der Waals surface area contributed by atoms with Crippen LogP contribution in [-0.4, -0.2) is 30.3 Å². The van der Waals surface area contributed by atoms with E-state index < -0.39 is 12.1 Å². The zero-order valence-corrected chi connectivity index (χ0v) is 8.69. The number of hydrogen-bond acceptors (Lipinski definition) is 3. The highest BCUT2D eigenvalue weighted by Gasteiger charge is 2.22. The minimum atomic E-state index is -1.02. The van der Waals surface area contributed by atoms with Gasteiger partial charge in [-0.15, -0.1) is 0 Å². The zero-order valence-electron chi connectivity index (χ0n) is 8.69. The lowest BCUT2D eigenvalue weighted by Crippen LogP contribution is -2.20. The Balaban J connectivity index is 2.30. The average molecular weight is 224 g/mol. The van der Waals surface area contributed by atoms with E-state index in [1.165, 1.54) is 12.1 Å². The minimum absolute atomic E-state index is 0.136. The third-order valence-electron chi connectivity index (χ3n) is 2.68. The van der Waals surface area contributed by atoms with Crippen LogP contribution in [0.3, 0.4) is 0 Å². The molecule has 0 radical (unpaired) electrons. The van der Waals surface area contributed by atoms with Crippen LogP contribution in [-0.2, 0) is 0 Å². The number of anilines is 2. The Morgan fingerprint density at radius 1 is 1.50 bits per heavy atom. The molecule has 1 saturated heterocycles. The van der Waals surface area contributed by atoms with E-state index in [4.69, 9.17) is 10.8 Å². The second-order valence-electron chi connectivity index (χ2n) is 3.95. The summed E-state index contributed by atoms with van der Waals surface area (Å²) in [4.78, 5) is 12.6. The number of nitrogens with two attached hydrogens (primary N) is 1. The Morgan fingerprint density at radius 2 is 2.25 bits per heavy atom. The minimum Gasteiger partial charge on any atom is -0.478 e. The largest absolute Gasteiger partial charge is 0.478 e.